The lowest BCUT2D eigenvalue weighted by Crippen LogP contribution is -2.33. The molecule has 3 aliphatic carbocycles. The van der Waals surface area contributed by atoms with Gasteiger partial charge in [0.2, 0.25) is 0 Å². The average molecular weight is 629 g/mol. The highest BCUT2D eigenvalue weighted by Gasteiger charge is 2.30. The summed E-state index contributed by atoms with van der Waals surface area (Å²) in [7, 11) is 0. The number of anilines is 2. The molecule has 3 unspecified atom stereocenters. The normalized spacial score (nSPS) is 21.1. The first kappa shape index (κ1) is 27.0. The highest BCUT2D eigenvalue weighted by atomic mass is 32.1. The Labute approximate surface area is 276 Å². The number of aromatic nitrogens is 1. The molecule has 0 amide bonds. The summed E-state index contributed by atoms with van der Waals surface area (Å²) in [6, 6.07) is 22.1. The lowest BCUT2D eigenvalue weighted by Gasteiger charge is -2.34. The van der Waals surface area contributed by atoms with Crippen LogP contribution in [0.3, 0.4) is 0 Å². The van der Waals surface area contributed by atoms with E-state index in [-0.39, 0.29) is 12.1 Å². The number of allylic oxidation sites excluding steroid dienone is 5. The largest absolute Gasteiger partial charge is 0.456 e. The van der Waals surface area contributed by atoms with E-state index in [9.17, 15) is 4.79 Å². The van der Waals surface area contributed by atoms with E-state index in [0.29, 0.717) is 5.92 Å². The SMILES string of the molecule is CC1C=Cc2c(sc3c2CC(N(c2ccc4c(c2)oc2ccccc24)c2ccc4c(c2)/c(=C/C=O)c2n4C4CC=CC=C4C=2)C=C3)C1. The van der Waals surface area contributed by atoms with Gasteiger partial charge in [-0.3, -0.25) is 4.79 Å². The van der Waals surface area contributed by atoms with Crippen LogP contribution in [0.25, 0.3) is 57.1 Å². The van der Waals surface area contributed by atoms with Crippen molar-refractivity contribution in [3.8, 4) is 0 Å². The minimum atomic E-state index is 0.103. The maximum absolute atomic E-state index is 12.0. The molecule has 3 atom stereocenters. The zero-order valence-electron chi connectivity index (χ0n) is 26.0. The molecule has 0 fully saturated rings. The molecule has 0 saturated carbocycles. The van der Waals surface area contributed by atoms with Gasteiger partial charge in [0.25, 0.3) is 0 Å². The fourth-order valence-corrected chi connectivity index (χ4v) is 9.70. The number of nitrogens with zero attached hydrogens (tertiary/aromatic N) is 2. The van der Waals surface area contributed by atoms with E-state index in [1.165, 1.54) is 26.5 Å². The van der Waals surface area contributed by atoms with Crippen molar-refractivity contribution >= 4 is 86.1 Å². The van der Waals surface area contributed by atoms with Gasteiger partial charge in [-0.25, -0.2) is 0 Å². The molecular weight excluding hydrogens is 597 g/mol. The quantitative estimate of drug-likeness (QED) is 0.183. The van der Waals surface area contributed by atoms with Crippen LogP contribution in [0.15, 0.2) is 101 Å². The summed E-state index contributed by atoms with van der Waals surface area (Å²) in [6.45, 7) is 2.30. The molecule has 228 valence electrons. The van der Waals surface area contributed by atoms with Gasteiger partial charge in [0.05, 0.1) is 17.4 Å². The van der Waals surface area contributed by atoms with Crippen molar-refractivity contribution in [2.45, 2.75) is 38.3 Å². The van der Waals surface area contributed by atoms with E-state index in [1.807, 2.05) is 23.5 Å². The monoisotopic (exact) mass is 628 g/mol. The third-order valence-electron chi connectivity index (χ3n) is 10.5. The van der Waals surface area contributed by atoms with Gasteiger partial charge in [0.1, 0.15) is 17.5 Å². The highest BCUT2D eigenvalue weighted by molar-refractivity contribution is 7.13. The van der Waals surface area contributed by atoms with E-state index in [1.54, 1.807) is 6.08 Å². The molecule has 3 aromatic heterocycles. The lowest BCUT2D eigenvalue weighted by molar-refractivity contribution is -0.103. The summed E-state index contributed by atoms with van der Waals surface area (Å²) in [6.07, 6.45) is 23.9. The second-order valence-corrected chi connectivity index (χ2v) is 14.4. The maximum atomic E-state index is 12.0. The summed E-state index contributed by atoms with van der Waals surface area (Å²) in [5.41, 5.74) is 9.32. The van der Waals surface area contributed by atoms with Crippen LogP contribution in [0, 0.1) is 5.92 Å². The van der Waals surface area contributed by atoms with Crippen molar-refractivity contribution < 1.29 is 9.21 Å². The zero-order valence-corrected chi connectivity index (χ0v) is 26.8. The second kappa shape index (κ2) is 10.2. The Balaban J connectivity index is 1.16. The lowest BCUT2D eigenvalue weighted by atomic mass is 9.89. The van der Waals surface area contributed by atoms with E-state index in [0.717, 1.165) is 80.3 Å². The first-order valence-electron chi connectivity index (χ1n) is 16.5. The van der Waals surface area contributed by atoms with Gasteiger partial charge in [-0.1, -0.05) is 61.6 Å². The molecule has 0 bridgehead atoms. The van der Waals surface area contributed by atoms with Crippen LogP contribution in [-0.2, 0) is 17.6 Å². The molecule has 5 heteroatoms. The minimum Gasteiger partial charge on any atom is -0.456 e. The number of thiophene rings is 1. The molecule has 0 radical (unpaired) electrons. The second-order valence-electron chi connectivity index (χ2n) is 13.3. The first-order valence-corrected chi connectivity index (χ1v) is 17.4. The van der Waals surface area contributed by atoms with Crippen LogP contribution in [0.1, 0.15) is 40.3 Å². The number of para-hydroxylation sites is 1. The van der Waals surface area contributed by atoms with Crippen LogP contribution in [0.4, 0.5) is 11.4 Å². The molecule has 4 nitrogen and oxygen atoms in total. The van der Waals surface area contributed by atoms with Gasteiger partial charge in [-0.15, -0.1) is 11.3 Å². The standard InChI is InChI=1S/C42H32N2O2S/c1-25-10-14-33-35-23-28(13-17-41(35)47-42(33)20-25)43(29-11-15-32-31-7-3-5-9-39(31)46-40(32)24-29)27-12-16-37-34(22-27)30(18-19-45)38-21-26-6-2-4-8-36(26)44(37)38/h2-7,9-19,21-22,24-25,28,36H,8,20,23H2,1H3/b30-18-. The number of aldehydes is 1. The van der Waals surface area contributed by atoms with Crippen molar-refractivity contribution in [2.75, 3.05) is 4.90 Å². The van der Waals surface area contributed by atoms with Gasteiger partial charge < -0.3 is 13.9 Å². The van der Waals surface area contributed by atoms with Crippen molar-refractivity contribution in [3.05, 3.63) is 128 Å². The number of rotatable bonds is 4. The summed E-state index contributed by atoms with van der Waals surface area (Å²) in [5, 5.41) is 5.48. The van der Waals surface area contributed by atoms with Gasteiger partial charge in [-0.05, 0) is 96.5 Å². The molecule has 3 aromatic carbocycles. The zero-order chi connectivity index (χ0) is 31.2. The summed E-state index contributed by atoms with van der Waals surface area (Å²) < 4.78 is 8.82. The Morgan fingerprint density at radius 2 is 1.81 bits per heavy atom. The summed E-state index contributed by atoms with van der Waals surface area (Å²) in [5.74, 6) is 0.580. The van der Waals surface area contributed by atoms with E-state index < -0.39 is 0 Å². The van der Waals surface area contributed by atoms with Crippen molar-refractivity contribution in [1.82, 2.24) is 4.57 Å². The van der Waals surface area contributed by atoms with Gasteiger partial charge in [-0.2, -0.15) is 0 Å². The molecule has 0 spiro atoms. The number of benzene rings is 3. The fourth-order valence-electron chi connectivity index (χ4n) is 8.32. The van der Waals surface area contributed by atoms with Crippen LogP contribution in [0.2, 0.25) is 0 Å². The number of carbonyl (C=O) groups excluding carboxylic acids is 1. The van der Waals surface area contributed by atoms with E-state index >= 15 is 0 Å². The predicted molar refractivity (Wildman–Crippen MR) is 196 cm³/mol. The topological polar surface area (TPSA) is 38.4 Å². The smallest absolute Gasteiger partial charge is 0.143 e. The van der Waals surface area contributed by atoms with Crippen molar-refractivity contribution in [2.24, 2.45) is 5.92 Å². The molecule has 4 aliphatic rings. The average Bonchev–Trinajstić information content (AvgIpc) is 3.83. The van der Waals surface area contributed by atoms with Crippen molar-refractivity contribution in [1.29, 1.82) is 0 Å². The van der Waals surface area contributed by atoms with Crippen LogP contribution >= 0.6 is 11.3 Å². The number of furan rings is 1. The Morgan fingerprint density at radius 1 is 0.936 bits per heavy atom. The molecule has 4 heterocycles. The molecule has 6 aromatic rings. The highest BCUT2D eigenvalue weighted by Crippen LogP contribution is 2.43. The Morgan fingerprint density at radius 3 is 2.74 bits per heavy atom. The predicted octanol–water partition coefficient (Wildman–Crippen LogP) is 8.78. The van der Waals surface area contributed by atoms with Crippen molar-refractivity contribution in [3.63, 3.8) is 0 Å². The van der Waals surface area contributed by atoms with Gasteiger partial charge in [0, 0.05) is 54.1 Å². The summed E-state index contributed by atoms with van der Waals surface area (Å²) >= 11 is 1.96. The van der Waals surface area contributed by atoms with Crippen LogP contribution < -0.4 is 15.5 Å². The number of hydrogen-bond acceptors (Lipinski definition) is 4. The number of hydrogen-bond donors (Lipinski definition) is 0. The fraction of sp³-hybridized carbons (Fsp3) is 0.167. The Hall–Kier alpha value is -5.13. The molecular formula is C42H32N2O2S. The van der Waals surface area contributed by atoms with Gasteiger partial charge in [0.15, 0.2) is 0 Å². The maximum Gasteiger partial charge on any atom is 0.143 e. The summed E-state index contributed by atoms with van der Waals surface area (Å²) in [4.78, 5) is 17.4. The molecule has 10 rings (SSSR count). The Bertz CT molecular complexity index is 2570. The van der Waals surface area contributed by atoms with E-state index in [2.05, 4.69) is 114 Å². The Kier molecular flexibility index (Phi) is 5.86. The molecule has 47 heavy (non-hydrogen) atoms. The van der Waals surface area contributed by atoms with Crippen LogP contribution in [0.5, 0.6) is 0 Å². The molecule has 0 N–H and O–H groups in total. The van der Waals surface area contributed by atoms with Gasteiger partial charge >= 0.3 is 0 Å². The third kappa shape index (κ3) is 4.02. The molecule has 0 saturated heterocycles. The minimum absolute atomic E-state index is 0.103. The van der Waals surface area contributed by atoms with E-state index in [4.69, 9.17) is 4.42 Å². The first-order chi connectivity index (χ1) is 23.1. The van der Waals surface area contributed by atoms with Crippen LogP contribution in [-0.4, -0.2) is 16.9 Å². The third-order valence-corrected chi connectivity index (χ3v) is 11.7. The number of carbonyl (C=O) groups is 1. The molecule has 1 aliphatic heterocycles. The number of fused-ring (bicyclic) bond motifs is 11.